The van der Waals surface area contributed by atoms with Crippen LogP contribution < -0.4 is 0 Å². The summed E-state index contributed by atoms with van der Waals surface area (Å²) in [4.78, 5) is 0. The Balaban J connectivity index is 1.97. The second kappa shape index (κ2) is 5.07. The first-order valence-corrected chi connectivity index (χ1v) is 9.88. The summed E-state index contributed by atoms with van der Waals surface area (Å²) in [5.41, 5.74) is 1.14. The van der Waals surface area contributed by atoms with Crippen LogP contribution in [-0.2, 0) is 13.9 Å². The predicted molar refractivity (Wildman–Crippen MR) is 79.5 cm³/mol. The molecule has 19 heavy (non-hydrogen) atoms. The molecular weight excluding hydrogens is 256 g/mol. The van der Waals surface area contributed by atoms with Crippen molar-refractivity contribution in [2.24, 2.45) is 5.92 Å². The first-order valence-electron chi connectivity index (χ1n) is 6.98. The minimum atomic E-state index is -1.73. The van der Waals surface area contributed by atoms with Gasteiger partial charge >= 0.3 is 0 Å². The molecule has 0 N–H and O–H groups in total. The van der Waals surface area contributed by atoms with Gasteiger partial charge in [-0.15, -0.1) is 0 Å². The Morgan fingerprint density at radius 2 is 2.11 bits per heavy atom. The van der Waals surface area contributed by atoms with E-state index in [0.29, 0.717) is 19.1 Å². The van der Waals surface area contributed by atoms with Crippen LogP contribution in [0.2, 0.25) is 18.1 Å². The molecule has 0 aliphatic carbocycles. The Morgan fingerprint density at radius 1 is 1.42 bits per heavy atom. The molecule has 2 aliphatic rings. The van der Waals surface area contributed by atoms with Gasteiger partial charge in [-0.3, -0.25) is 0 Å². The molecular formula is C15H26O3Si. The van der Waals surface area contributed by atoms with Crippen LogP contribution in [0, 0.1) is 5.92 Å². The summed E-state index contributed by atoms with van der Waals surface area (Å²) < 4.78 is 17.7. The van der Waals surface area contributed by atoms with Gasteiger partial charge in [0.2, 0.25) is 0 Å². The van der Waals surface area contributed by atoms with Crippen LogP contribution in [0.4, 0.5) is 0 Å². The second-order valence-corrected chi connectivity index (χ2v) is 11.8. The van der Waals surface area contributed by atoms with Crippen LogP contribution in [0.25, 0.3) is 0 Å². The minimum absolute atomic E-state index is 0.0108. The second-order valence-electron chi connectivity index (χ2n) is 7.03. The summed E-state index contributed by atoms with van der Waals surface area (Å²) >= 11 is 0. The zero-order valence-corrected chi connectivity index (χ0v) is 13.7. The molecule has 2 aliphatic heterocycles. The zero-order chi connectivity index (χ0) is 14.3. The van der Waals surface area contributed by atoms with Gasteiger partial charge < -0.3 is 13.9 Å². The first kappa shape index (κ1) is 14.8. The Morgan fingerprint density at radius 3 is 2.74 bits per heavy atom. The van der Waals surface area contributed by atoms with Crippen molar-refractivity contribution in [3.63, 3.8) is 0 Å². The van der Waals surface area contributed by atoms with Crippen LogP contribution in [0.5, 0.6) is 0 Å². The maximum absolute atomic E-state index is 6.25. The van der Waals surface area contributed by atoms with Gasteiger partial charge in [-0.25, -0.2) is 0 Å². The van der Waals surface area contributed by atoms with Crippen molar-refractivity contribution in [1.29, 1.82) is 0 Å². The number of ether oxygens (including phenoxy) is 2. The van der Waals surface area contributed by atoms with Gasteiger partial charge in [0.15, 0.2) is 8.32 Å². The molecule has 0 amide bonds. The van der Waals surface area contributed by atoms with Crippen molar-refractivity contribution >= 4 is 8.32 Å². The van der Waals surface area contributed by atoms with E-state index >= 15 is 0 Å². The van der Waals surface area contributed by atoms with Crippen LogP contribution >= 0.6 is 0 Å². The molecule has 0 aromatic rings. The number of rotatable bonds is 3. The molecule has 108 valence electrons. The van der Waals surface area contributed by atoms with Crippen molar-refractivity contribution in [2.75, 3.05) is 13.2 Å². The third-order valence-corrected chi connectivity index (χ3v) is 9.11. The Bertz CT molecular complexity index is 381. The van der Waals surface area contributed by atoms with E-state index in [2.05, 4.69) is 40.4 Å². The normalized spacial score (nSPS) is 31.2. The highest BCUT2D eigenvalue weighted by Gasteiger charge is 2.42. The molecule has 4 heteroatoms. The van der Waals surface area contributed by atoms with E-state index in [1.165, 1.54) is 0 Å². The van der Waals surface area contributed by atoms with Crippen molar-refractivity contribution in [3.8, 4) is 0 Å². The summed E-state index contributed by atoms with van der Waals surface area (Å²) in [7, 11) is -1.73. The van der Waals surface area contributed by atoms with E-state index < -0.39 is 8.32 Å². The highest BCUT2D eigenvalue weighted by Crippen LogP contribution is 2.38. The van der Waals surface area contributed by atoms with Gasteiger partial charge in [-0.05, 0) is 29.8 Å². The molecule has 0 saturated carbocycles. The SMILES string of the molecule is C=C1CO[C@H]2[C@@H](CO[Si](C)(C)C(C)(C)C)OC=C[C@@H]12. The zero-order valence-electron chi connectivity index (χ0n) is 12.7. The number of hydrogen-bond acceptors (Lipinski definition) is 3. The van der Waals surface area contributed by atoms with E-state index in [-0.39, 0.29) is 17.2 Å². The molecule has 0 radical (unpaired) electrons. The molecule has 0 unspecified atom stereocenters. The number of hydrogen-bond donors (Lipinski definition) is 0. The molecule has 0 aromatic carbocycles. The van der Waals surface area contributed by atoms with Crippen LogP contribution in [0.3, 0.4) is 0 Å². The van der Waals surface area contributed by atoms with Gasteiger partial charge in [-0.2, -0.15) is 0 Å². The standard InChI is InChI=1S/C15H26O3Si/c1-11-9-17-14-12(11)7-8-16-13(14)10-18-19(5,6)15(2,3)4/h7-8,12-14H,1,9-10H2,2-6H3/t12-,13+,14+/m0/s1. The topological polar surface area (TPSA) is 27.7 Å². The molecule has 0 aromatic heterocycles. The molecule has 0 bridgehead atoms. The summed E-state index contributed by atoms with van der Waals surface area (Å²) in [5.74, 6) is 0.293. The highest BCUT2D eigenvalue weighted by molar-refractivity contribution is 6.74. The largest absolute Gasteiger partial charge is 0.493 e. The molecule has 2 rings (SSSR count). The smallest absolute Gasteiger partial charge is 0.192 e. The fraction of sp³-hybridized carbons (Fsp3) is 0.733. The highest BCUT2D eigenvalue weighted by atomic mass is 28.4. The van der Waals surface area contributed by atoms with Gasteiger partial charge in [0, 0.05) is 5.92 Å². The summed E-state index contributed by atoms with van der Waals surface area (Å²) in [6, 6.07) is 0. The first-order chi connectivity index (χ1) is 8.72. The quantitative estimate of drug-likeness (QED) is 0.586. The molecule has 1 fully saturated rings. The van der Waals surface area contributed by atoms with Gasteiger partial charge in [-0.1, -0.05) is 27.4 Å². The fourth-order valence-electron chi connectivity index (χ4n) is 2.17. The lowest BCUT2D eigenvalue weighted by molar-refractivity contribution is -0.0520. The lowest BCUT2D eigenvalue weighted by atomic mass is 9.93. The third-order valence-electron chi connectivity index (χ3n) is 4.61. The van der Waals surface area contributed by atoms with Crippen molar-refractivity contribution in [1.82, 2.24) is 0 Å². The molecule has 3 nitrogen and oxygen atoms in total. The van der Waals surface area contributed by atoms with E-state index in [1.54, 1.807) is 6.26 Å². The molecule has 2 heterocycles. The average Bonchev–Trinajstić information content (AvgIpc) is 2.68. The van der Waals surface area contributed by atoms with Gasteiger partial charge in [0.25, 0.3) is 0 Å². The minimum Gasteiger partial charge on any atom is -0.493 e. The van der Waals surface area contributed by atoms with E-state index in [9.17, 15) is 0 Å². The van der Waals surface area contributed by atoms with E-state index in [1.807, 2.05) is 6.08 Å². The van der Waals surface area contributed by atoms with E-state index in [0.717, 1.165) is 5.57 Å². The molecule has 3 atom stereocenters. The Hall–Kier alpha value is -0.583. The Labute approximate surface area is 117 Å². The maximum atomic E-state index is 6.25. The third kappa shape index (κ3) is 2.96. The Kier molecular flexibility index (Phi) is 3.96. The van der Waals surface area contributed by atoms with Crippen LogP contribution in [0.1, 0.15) is 20.8 Å². The monoisotopic (exact) mass is 282 g/mol. The fourth-order valence-corrected chi connectivity index (χ4v) is 3.18. The summed E-state index contributed by atoms with van der Waals surface area (Å²) in [6.07, 6.45) is 3.88. The maximum Gasteiger partial charge on any atom is 0.192 e. The average molecular weight is 282 g/mol. The van der Waals surface area contributed by atoms with Crippen LogP contribution in [0.15, 0.2) is 24.5 Å². The van der Waals surface area contributed by atoms with E-state index in [4.69, 9.17) is 13.9 Å². The predicted octanol–water partition coefficient (Wildman–Crippen LogP) is 3.49. The van der Waals surface area contributed by atoms with Crippen molar-refractivity contribution < 1.29 is 13.9 Å². The molecule has 0 spiro atoms. The summed E-state index contributed by atoms with van der Waals surface area (Å²) in [5, 5.41) is 0.219. The summed E-state index contributed by atoms with van der Waals surface area (Å²) in [6.45, 7) is 16.6. The lowest BCUT2D eigenvalue weighted by Crippen LogP contribution is -2.46. The van der Waals surface area contributed by atoms with Crippen molar-refractivity contribution in [2.45, 2.75) is 51.1 Å². The van der Waals surface area contributed by atoms with Crippen molar-refractivity contribution in [3.05, 3.63) is 24.5 Å². The number of fused-ring (bicyclic) bond motifs is 1. The van der Waals surface area contributed by atoms with Crippen LogP contribution in [-0.4, -0.2) is 33.7 Å². The van der Waals surface area contributed by atoms with Gasteiger partial charge in [0.1, 0.15) is 12.2 Å². The molecule has 1 saturated heterocycles. The lowest BCUT2D eigenvalue weighted by Gasteiger charge is -2.38. The van der Waals surface area contributed by atoms with Gasteiger partial charge in [0.05, 0.1) is 19.5 Å².